The Morgan fingerprint density at radius 2 is 1.57 bits per heavy atom. The van der Waals surface area contributed by atoms with Crippen molar-refractivity contribution in [2.45, 2.75) is 31.7 Å². The fourth-order valence-corrected chi connectivity index (χ4v) is 4.73. The molecule has 0 bridgehead atoms. The van der Waals surface area contributed by atoms with Crippen LogP contribution in [0.25, 0.3) is 0 Å². The van der Waals surface area contributed by atoms with E-state index < -0.39 is 0 Å². The van der Waals surface area contributed by atoms with Crippen LogP contribution in [0.4, 0.5) is 11.4 Å². The van der Waals surface area contributed by atoms with Gasteiger partial charge in [-0.1, -0.05) is 60.1 Å². The van der Waals surface area contributed by atoms with Crippen LogP contribution in [0, 0.1) is 6.92 Å². The molecule has 0 spiro atoms. The maximum atomic E-state index is 13.5. The number of halogens is 1. The van der Waals surface area contributed by atoms with Gasteiger partial charge in [-0.25, -0.2) is 0 Å². The summed E-state index contributed by atoms with van der Waals surface area (Å²) in [4.78, 5) is 13.5. The number of aryl methyl sites for hydroxylation is 1. The van der Waals surface area contributed by atoms with Crippen LogP contribution in [0.2, 0.25) is 5.02 Å². The highest BCUT2D eigenvalue weighted by Gasteiger charge is 2.36. The third kappa shape index (κ3) is 3.40. The van der Waals surface area contributed by atoms with Gasteiger partial charge in [0.05, 0.1) is 17.4 Å². The number of hydrogen-bond acceptors (Lipinski definition) is 3. The molecule has 30 heavy (non-hydrogen) atoms. The first-order chi connectivity index (χ1) is 14.6. The van der Waals surface area contributed by atoms with E-state index in [9.17, 15) is 4.79 Å². The Morgan fingerprint density at radius 3 is 2.33 bits per heavy atom. The molecule has 0 saturated heterocycles. The summed E-state index contributed by atoms with van der Waals surface area (Å²) in [6.45, 7) is 2.10. The number of carbonyl (C=O) groups is 1. The van der Waals surface area contributed by atoms with E-state index in [-0.39, 0.29) is 17.7 Å². The molecular weight excluding hydrogens is 392 g/mol. The van der Waals surface area contributed by atoms with Crippen LogP contribution >= 0.6 is 11.6 Å². The lowest BCUT2D eigenvalue weighted by molar-refractivity contribution is -0.116. The normalized spacial score (nSPS) is 20.5. The van der Waals surface area contributed by atoms with E-state index in [1.54, 1.807) is 0 Å². The molecule has 2 aliphatic rings. The molecule has 2 atom stereocenters. The molecule has 3 aromatic carbocycles. The second kappa shape index (κ2) is 7.66. The summed E-state index contributed by atoms with van der Waals surface area (Å²) in [6.07, 6.45) is 1.30. The number of allylic oxidation sites excluding steroid dienone is 1. The zero-order valence-electron chi connectivity index (χ0n) is 16.8. The molecular formula is C26H23ClN2O. The molecule has 2 N–H and O–H groups in total. The summed E-state index contributed by atoms with van der Waals surface area (Å²) in [5.74, 6) is 0.334. The van der Waals surface area contributed by atoms with Crippen molar-refractivity contribution in [3.05, 3.63) is 106 Å². The van der Waals surface area contributed by atoms with Crippen molar-refractivity contribution in [1.82, 2.24) is 0 Å². The first-order valence-electron chi connectivity index (χ1n) is 10.3. The van der Waals surface area contributed by atoms with Crippen LogP contribution in [0.5, 0.6) is 0 Å². The Kier molecular flexibility index (Phi) is 4.84. The second-order valence-corrected chi connectivity index (χ2v) is 8.51. The largest absolute Gasteiger partial charge is 0.372 e. The summed E-state index contributed by atoms with van der Waals surface area (Å²) in [7, 11) is 0. The number of nitrogens with one attached hydrogen (secondary N) is 2. The number of fused-ring (bicyclic) bond motifs is 1. The van der Waals surface area contributed by atoms with Crippen molar-refractivity contribution in [3.8, 4) is 0 Å². The highest BCUT2D eigenvalue weighted by atomic mass is 35.5. The molecule has 2 unspecified atom stereocenters. The van der Waals surface area contributed by atoms with Gasteiger partial charge in [0.2, 0.25) is 0 Å². The summed E-state index contributed by atoms with van der Waals surface area (Å²) in [5.41, 5.74) is 7.35. The number of para-hydroxylation sites is 2. The third-order valence-corrected chi connectivity index (χ3v) is 6.40. The molecule has 5 rings (SSSR count). The molecule has 3 nitrogen and oxygen atoms in total. The Balaban J connectivity index is 1.62. The minimum absolute atomic E-state index is 0.142. The molecule has 4 heteroatoms. The lowest BCUT2D eigenvalue weighted by Crippen LogP contribution is -2.27. The lowest BCUT2D eigenvalue weighted by atomic mass is 9.78. The molecule has 0 aromatic heterocycles. The molecule has 0 amide bonds. The maximum absolute atomic E-state index is 13.5. The average molecular weight is 415 g/mol. The van der Waals surface area contributed by atoms with E-state index in [2.05, 4.69) is 41.8 Å². The summed E-state index contributed by atoms with van der Waals surface area (Å²) in [5, 5.41) is 7.96. The van der Waals surface area contributed by atoms with Crippen molar-refractivity contribution >= 4 is 28.8 Å². The molecule has 0 radical (unpaired) electrons. The van der Waals surface area contributed by atoms with Gasteiger partial charge in [0, 0.05) is 22.7 Å². The standard InChI is InChI=1S/C26H23ClN2O/c1-16-6-2-3-7-20(16)26-25-23(28-21-8-4-5-9-22(21)29-26)14-18(15-24(25)30)17-10-12-19(27)13-11-17/h2-13,18,26,28-29H,14-15H2,1H3. The van der Waals surface area contributed by atoms with Gasteiger partial charge in [-0.15, -0.1) is 0 Å². The topological polar surface area (TPSA) is 41.1 Å². The number of carbonyl (C=O) groups excluding carboxylic acids is 1. The fourth-order valence-electron chi connectivity index (χ4n) is 4.61. The molecule has 150 valence electrons. The SMILES string of the molecule is Cc1ccccc1C1Nc2ccccc2NC2=C1C(=O)CC(c1ccc(Cl)cc1)C2. The summed E-state index contributed by atoms with van der Waals surface area (Å²) >= 11 is 6.07. The van der Waals surface area contributed by atoms with Crippen LogP contribution < -0.4 is 10.6 Å². The third-order valence-electron chi connectivity index (χ3n) is 6.15. The number of Topliss-reactive ketones (excluding diaryl/α,β-unsaturated/α-hetero) is 1. The van der Waals surface area contributed by atoms with Crippen LogP contribution in [-0.2, 0) is 4.79 Å². The van der Waals surface area contributed by atoms with E-state index >= 15 is 0 Å². The second-order valence-electron chi connectivity index (χ2n) is 8.08. The number of ketones is 1. The first-order valence-corrected chi connectivity index (χ1v) is 10.7. The fraction of sp³-hybridized carbons (Fsp3) is 0.192. The first kappa shape index (κ1) is 19.0. The van der Waals surface area contributed by atoms with E-state index in [0.717, 1.165) is 40.2 Å². The van der Waals surface area contributed by atoms with Gasteiger partial charge in [-0.3, -0.25) is 4.79 Å². The molecule has 1 heterocycles. The molecule has 1 aliphatic heterocycles. The Labute approximate surface area is 181 Å². The zero-order chi connectivity index (χ0) is 20.7. The van der Waals surface area contributed by atoms with Gasteiger partial charge in [-0.2, -0.15) is 0 Å². The quantitative estimate of drug-likeness (QED) is 0.494. The van der Waals surface area contributed by atoms with E-state index in [4.69, 9.17) is 11.6 Å². The van der Waals surface area contributed by atoms with E-state index in [0.29, 0.717) is 11.4 Å². The van der Waals surface area contributed by atoms with E-state index in [1.807, 2.05) is 48.5 Å². The van der Waals surface area contributed by atoms with Crippen LogP contribution in [0.15, 0.2) is 84.1 Å². The van der Waals surface area contributed by atoms with Gasteiger partial charge < -0.3 is 10.6 Å². The van der Waals surface area contributed by atoms with Crippen LogP contribution in [0.3, 0.4) is 0 Å². The maximum Gasteiger partial charge on any atom is 0.163 e. The lowest BCUT2D eigenvalue weighted by Gasteiger charge is -2.30. The van der Waals surface area contributed by atoms with Gasteiger partial charge in [0.25, 0.3) is 0 Å². The van der Waals surface area contributed by atoms with Gasteiger partial charge in [0.1, 0.15) is 0 Å². The number of hydrogen-bond donors (Lipinski definition) is 2. The number of anilines is 2. The Hall–Kier alpha value is -3.04. The predicted octanol–water partition coefficient (Wildman–Crippen LogP) is 6.63. The highest BCUT2D eigenvalue weighted by molar-refractivity contribution is 6.30. The van der Waals surface area contributed by atoms with Crippen molar-refractivity contribution < 1.29 is 4.79 Å². The van der Waals surface area contributed by atoms with Crippen molar-refractivity contribution in [2.24, 2.45) is 0 Å². The Bertz CT molecular complexity index is 1150. The molecule has 1 aliphatic carbocycles. The summed E-state index contributed by atoms with van der Waals surface area (Å²) < 4.78 is 0. The van der Waals surface area contributed by atoms with Crippen LogP contribution in [0.1, 0.15) is 41.5 Å². The smallest absolute Gasteiger partial charge is 0.163 e. The minimum atomic E-state index is -0.170. The van der Waals surface area contributed by atoms with Gasteiger partial charge in [-0.05, 0) is 60.2 Å². The Morgan fingerprint density at radius 1 is 0.867 bits per heavy atom. The molecule has 0 saturated carbocycles. The van der Waals surface area contributed by atoms with Crippen molar-refractivity contribution in [2.75, 3.05) is 10.6 Å². The number of benzene rings is 3. The van der Waals surface area contributed by atoms with Gasteiger partial charge in [0.15, 0.2) is 5.78 Å². The van der Waals surface area contributed by atoms with Crippen molar-refractivity contribution in [1.29, 1.82) is 0 Å². The number of rotatable bonds is 2. The molecule has 0 fully saturated rings. The highest BCUT2D eigenvalue weighted by Crippen LogP contribution is 2.44. The van der Waals surface area contributed by atoms with Crippen LogP contribution in [-0.4, -0.2) is 5.78 Å². The monoisotopic (exact) mass is 414 g/mol. The van der Waals surface area contributed by atoms with Crippen molar-refractivity contribution in [3.63, 3.8) is 0 Å². The van der Waals surface area contributed by atoms with Gasteiger partial charge >= 0.3 is 0 Å². The predicted molar refractivity (Wildman–Crippen MR) is 123 cm³/mol. The average Bonchev–Trinajstić information content (AvgIpc) is 2.91. The van der Waals surface area contributed by atoms with E-state index in [1.165, 1.54) is 5.56 Å². The zero-order valence-corrected chi connectivity index (χ0v) is 17.5. The summed E-state index contributed by atoms with van der Waals surface area (Å²) in [6, 6.07) is 24.2. The minimum Gasteiger partial charge on any atom is -0.372 e. The molecule has 3 aromatic rings.